The fourth-order valence-electron chi connectivity index (χ4n) is 3.28. The van der Waals surface area contributed by atoms with Crippen LogP contribution in [0.1, 0.15) is 37.8 Å². The molecule has 0 bridgehead atoms. The average Bonchev–Trinajstić information content (AvgIpc) is 2.87. The van der Waals surface area contributed by atoms with Gasteiger partial charge in [-0.25, -0.2) is 0 Å². The van der Waals surface area contributed by atoms with Gasteiger partial charge in [0.15, 0.2) is 0 Å². The lowest BCUT2D eigenvalue weighted by Gasteiger charge is -2.29. The predicted molar refractivity (Wildman–Crippen MR) is 80.6 cm³/mol. The van der Waals surface area contributed by atoms with E-state index in [2.05, 4.69) is 26.0 Å². The molecule has 0 aromatic heterocycles. The highest BCUT2D eigenvalue weighted by atomic mass is 16.5. The fraction of sp³-hybridized carbons (Fsp3) is 0.333. The molecule has 0 atom stereocenters. The van der Waals surface area contributed by atoms with Crippen molar-refractivity contribution in [3.8, 4) is 16.9 Å². The van der Waals surface area contributed by atoms with Crippen LogP contribution in [0.2, 0.25) is 0 Å². The van der Waals surface area contributed by atoms with Crippen LogP contribution in [-0.2, 0) is 16.9 Å². The number of benzene rings is 2. The normalized spacial score (nSPS) is 16.1. The molecule has 1 N–H and O–H groups in total. The number of phenols is 1. The van der Waals surface area contributed by atoms with Crippen molar-refractivity contribution in [1.29, 1.82) is 0 Å². The molecule has 0 unspecified atom stereocenters. The summed E-state index contributed by atoms with van der Waals surface area (Å²) in [5, 5.41) is 10.2. The van der Waals surface area contributed by atoms with Gasteiger partial charge in [-0.2, -0.15) is 0 Å². The van der Waals surface area contributed by atoms with E-state index in [0.717, 1.165) is 24.0 Å². The Labute approximate surface area is 120 Å². The van der Waals surface area contributed by atoms with Crippen LogP contribution < -0.4 is 0 Å². The van der Waals surface area contributed by atoms with Crippen molar-refractivity contribution in [2.24, 2.45) is 0 Å². The van der Waals surface area contributed by atoms with Crippen LogP contribution in [-0.4, -0.2) is 5.11 Å². The standard InChI is InChI=1S/C18H20O2/c1-3-18(4-2)17-13(12-20-18)8-7-10-15(17)14-9-5-6-11-16(14)19/h5-11,19H,3-4,12H2,1-2H3. The molecule has 2 nitrogen and oxygen atoms in total. The first-order valence-corrected chi connectivity index (χ1v) is 7.26. The van der Waals surface area contributed by atoms with E-state index in [1.807, 2.05) is 24.3 Å². The number of aromatic hydroxyl groups is 1. The summed E-state index contributed by atoms with van der Waals surface area (Å²) in [5.74, 6) is 0.328. The Morgan fingerprint density at radius 2 is 1.70 bits per heavy atom. The Balaban J connectivity index is 2.25. The van der Waals surface area contributed by atoms with Gasteiger partial charge in [-0.05, 0) is 35.6 Å². The lowest BCUT2D eigenvalue weighted by Crippen LogP contribution is -2.23. The first kappa shape index (κ1) is 13.2. The molecule has 104 valence electrons. The molecular formula is C18H20O2. The minimum atomic E-state index is -0.214. The second kappa shape index (κ2) is 4.95. The Kier molecular flexibility index (Phi) is 3.27. The van der Waals surface area contributed by atoms with Gasteiger partial charge >= 0.3 is 0 Å². The minimum absolute atomic E-state index is 0.214. The second-order valence-electron chi connectivity index (χ2n) is 5.35. The number of phenolic OH excluding ortho intramolecular Hbond substituents is 1. The quantitative estimate of drug-likeness (QED) is 0.881. The van der Waals surface area contributed by atoms with E-state index in [1.165, 1.54) is 11.1 Å². The molecule has 1 heterocycles. The topological polar surface area (TPSA) is 29.5 Å². The molecule has 0 saturated carbocycles. The first-order chi connectivity index (χ1) is 9.72. The van der Waals surface area contributed by atoms with Gasteiger partial charge in [0.2, 0.25) is 0 Å². The van der Waals surface area contributed by atoms with Gasteiger partial charge in [-0.3, -0.25) is 0 Å². The highest BCUT2D eigenvalue weighted by Crippen LogP contribution is 2.47. The molecular weight excluding hydrogens is 248 g/mol. The van der Waals surface area contributed by atoms with E-state index in [0.29, 0.717) is 12.4 Å². The number of hydrogen-bond acceptors (Lipinski definition) is 2. The van der Waals surface area contributed by atoms with Crippen molar-refractivity contribution >= 4 is 0 Å². The molecule has 2 aromatic carbocycles. The molecule has 0 radical (unpaired) electrons. The van der Waals surface area contributed by atoms with Crippen molar-refractivity contribution < 1.29 is 9.84 Å². The Hall–Kier alpha value is -1.80. The van der Waals surface area contributed by atoms with Gasteiger partial charge in [0.1, 0.15) is 5.75 Å². The van der Waals surface area contributed by atoms with Gasteiger partial charge in [0.25, 0.3) is 0 Å². The van der Waals surface area contributed by atoms with Crippen LogP contribution in [0, 0.1) is 0 Å². The predicted octanol–water partition coefficient (Wildman–Crippen LogP) is 4.60. The lowest BCUT2D eigenvalue weighted by atomic mass is 9.82. The maximum absolute atomic E-state index is 10.2. The van der Waals surface area contributed by atoms with Crippen molar-refractivity contribution in [1.82, 2.24) is 0 Å². The highest BCUT2D eigenvalue weighted by molar-refractivity contribution is 5.75. The van der Waals surface area contributed by atoms with E-state index < -0.39 is 0 Å². The van der Waals surface area contributed by atoms with Crippen molar-refractivity contribution in [2.75, 3.05) is 0 Å². The van der Waals surface area contributed by atoms with Gasteiger partial charge in [-0.15, -0.1) is 0 Å². The minimum Gasteiger partial charge on any atom is -0.507 e. The van der Waals surface area contributed by atoms with Gasteiger partial charge in [0.05, 0.1) is 12.2 Å². The van der Waals surface area contributed by atoms with Crippen LogP contribution >= 0.6 is 0 Å². The maximum atomic E-state index is 10.2. The zero-order valence-corrected chi connectivity index (χ0v) is 12.0. The van der Waals surface area contributed by atoms with Crippen LogP contribution in [0.4, 0.5) is 0 Å². The van der Waals surface area contributed by atoms with Gasteiger partial charge in [-0.1, -0.05) is 50.2 Å². The number of hydrogen-bond donors (Lipinski definition) is 1. The van der Waals surface area contributed by atoms with Crippen LogP contribution in [0.15, 0.2) is 42.5 Å². The van der Waals surface area contributed by atoms with E-state index in [4.69, 9.17) is 4.74 Å². The molecule has 1 aliphatic rings. The molecule has 0 aliphatic carbocycles. The molecule has 0 fully saturated rings. The summed E-state index contributed by atoms with van der Waals surface area (Å²) in [4.78, 5) is 0. The molecule has 20 heavy (non-hydrogen) atoms. The number of ether oxygens (including phenoxy) is 1. The molecule has 2 aromatic rings. The third-order valence-electron chi connectivity index (χ3n) is 4.45. The van der Waals surface area contributed by atoms with E-state index >= 15 is 0 Å². The summed E-state index contributed by atoms with van der Waals surface area (Å²) in [6, 6.07) is 13.8. The maximum Gasteiger partial charge on any atom is 0.123 e. The van der Waals surface area contributed by atoms with Crippen LogP contribution in [0.3, 0.4) is 0 Å². The summed E-state index contributed by atoms with van der Waals surface area (Å²) >= 11 is 0. The lowest BCUT2D eigenvalue weighted by molar-refractivity contribution is -0.0436. The fourth-order valence-corrected chi connectivity index (χ4v) is 3.28. The van der Waals surface area contributed by atoms with E-state index in [1.54, 1.807) is 6.07 Å². The average molecular weight is 268 g/mol. The van der Waals surface area contributed by atoms with Crippen molar-refractivity contribution in [3.05, 3.63) is 53.6 Å². The van der Waals surface area contributed by atoms with E-state index in [-0.39, 0.29) is 5.60 Å². The molecule has 0 amide bonds. The largest absolute Gasteiger partial charge is 0.507 e. The summed E-state index contributed by atoms with van der Waals surface area (Å²) < 4.78 is 6.13. The number of rotatable bonds is 3. The zero-order valence-electron chi connectivity index (χ0n) is 12.0. The Bertz CT molecular complexity index is 627. The third kappa shape index (κ3) is 1.83. The number of para-hydroxylation sites is 1. The molecule has 2 heteroatoms. The van der Waals surface area contributed by atoms with Gasteiger partial charge < -0.3 is 9.84 Å². The third-order valence-corrected chi connectivity index (χ3v) is 4.45. The molecule has 1 aliphatic heterocycles. The molecule has 0 spiro atoms. The Morgan fingerprint density at radius 3 is 2.40 bits per heavy atom. The summed E-state index contributed by atoms with van der Waals surface area (Å²) in [7, 11) is 0. The van der Waals surface area contributed by atoms with Crippen molar-refractivity contribution in [3.63, 3.8) is 0 Å². The zero-order chi connectivity index (χ0) is 14.2. The molecule has 0 saturated heterocycles. The highest BCUT2D eigenvalue weighted by Gasteiger charge is 2.39. The van der Waals surface area contributed by atoms with Crippen molar-refractivity contribution in [2.45, 2.75) is 38.9 Å². The van der Waals surface area contributed by atoms with Gasteiger partial charge in [0, 0.05) is 5.56 Å². The number of fused-ring (bicyclic) bond motifs is 1. The first-order valence-electron chi connectivity index (χ1n) is 7.26. The monoisotopic (exact) mass is 268 g/mol. The molecule has 3 rings (SSSR count). The van der Waals surface area contributed by atoms with Crippen LogP contribution in [0.5, 0.6) is 5.75 Å². The summed E-state index contributed by atoms with van der Waals surface area (Å²) in [6.45, 7) is 5.00. The summed E-state index contributed by atoms with van der Waals surface area (Å²) in [5.41, 5.74) is 4.28. The SMILES string of the molecule is CCC1(CC)OCc2cccc(-c3ccccc3O)c21. The Morgan fingerprint density at radius 1 is 1.00 bits per heavy atom. The van der Waals surface area contributed by atoms with Crippen LogP contribution in [0.25, 0.3) is 11.1 Å². The van der Waals surface area contributed by atoms with E-state index in [9.17, 15) is 5.11 Å². The smallest absolute Gasteiger partial charge is 0.123 e. The summed E-state index contributed by atoms with van der Waals surface area (Å²) in [6.07, 6.45) is 1.89. The second-order valence-corrected chi connectivity index (χ2v) is 5.35.